The van der Waals surface area contributed by atoms with Crippen LogP contribution in [-0.2, 0) is 9.59 Å². The Labute approximate surface area is 123 Å². The monoisotopic (exact) mass is 293 g/mol. The minimum atomic E-state index is -1.21. The van der Waals surface area contributed by atoms with Crippen LogP contribution in [0.2, 0.25) is 0 Å². The zero-order valence-electron chi connectivity index (χ0n) is 12.3. The summed E-state index contributed by atoms with van der Waals surface area (Å²) < 4.78 is 10.7. The number of carboxylic acids is 1. The molecule has 1 aromatic rings. The van der Waals surface area contributed by atoms with E-state index in [4.69, 9.17) is 14.6 Å². The second-order valence-electron chi connectivity index (χ2n) is 4.30. The van der Waals surface area contributed by atoms with Crippen LogP contribution in [0.15, 0.2) is 23.9 Å². The van der Waals surface area contributed by atoms with Crippen molar-refractivity contribution in [2.75, 3.05) is 13.7 Å². The number of hydrogen-bond acceptors (Lipinski definition) is 4. The zero-order chi connectivity index (χ0) is 15.8. The molecule has 1 amide bonds. The smallest absolute Gasteiger partial charge is 0.352 e. The lowest BCUT2D eigenvalue weighted by atomic mass is 10.1. The molecule has 0 atom stereocenters. The van der Waals surface area contributed by atoms with Gasteiger partial charge < -0.3 is 19.9 Å². The van der Waals surface area contributed by atoms with Crippen molar-refractivity contribution in [3.05, 3.63) is 29.5 Å². The molecule has 0 aliphatic carbocycles. The first-order valence-electron chi connectivity index (χ1n) is 6.51. The van der Waals surface area contributed by atoms with Crippen molar-refractivity contribution in [1.29, 1.82) is 0 Å². The summed E-state index contributed by atoms with van der Waals surface area (Å²) in [4.78, 5) is 22.1. The minimum Gasteiger partial charge on any atom is -0.493 e. The number of methoxy groups -OCH3 is 1. The highest BCUT2D eigenvalue weighted by Crippen LogP contribution is 2.29. The fourth-order valence-electron chi connectivity index (χ4n) is 1.62. The van der Waals surface area contributed by atoms with Crippen LogP contribution in [0.4, 0.5) is 0 Å². The Bertz CT molecular complexity index is 551. The Hall–Kier alpha value is -2.50. The first kappa shape index (κ1) is 16.6. The van der Waals surface area contributed by atoms with E-state index in [0.717, 1.165) is 6.42 Å². The van der Waals surface area contributed by atoms with Gasteiger partial charge in [0.2, 0.25) is 5.91 Å². The normalized spacial score (nSPS) is 10.9. The summed E-state index contributed by atoms with van der Waals surface area (Å²) in [7, 11) is 1.53. The van der Waals surface area contributed by atoms with Gasteiger partial charge in [0.1, 0.15) is 5.70 Å². The van der Waals surface area contributed by atoms with Gasteiger partial charge in [-0.2, -0.15) is 0 Å². The van der Waals surface area contributed by atoms with Crippen LogP contribution in [0.3, 0.4) is 0 Å². The number of nitrogens with one attached hydrogen (secondary N) is 1. The van der Waals surface area contributed by atoms with E-state index in [2.05, 4.69) is 5.32 Å². The molecule has 0 aromatic heterocycles. The number of aliphatic carboxylic acids is 1. The molecule has 6 nitrogen and oxygen atoms in total. The SMILES string of the molecule is CCCOc1cc(C=C(NC(C)=O)C(=O)O)ccc1OC. The third-order valence-electron chi connectivity index (χ3n) is 2.50. The van der Waals surface area contributed by atoms with E-state index in [0.29, 0.717) is 23.7 Å². The number of carbonyl (C=O) groups is 2. The first-order chi connectivity index (χ1) is 9.97. The predicted octanol–water partition coefficient (Wildman–Crippen LogP) is 2.05. The number of ether oxygens (including phenoxy) is 2. The van der Waals surface area contributed by atoms with Crippen LogP contribution < -0.4 is 14.8 Å². The maximum Gasteiger partial charge on any atom is 0.352 e. The van der Waals surface area contributed by atoms with Crippen molar-refractivity contribution in [1.82, 2.24) is 5.32 Å². The molecule has 0 radical (unpaired) electrons. The van der Waals surface area contributed by atoms with Gasteiger partial charge in [-0.25, -0.2) is 4.79 Å². The fraction of sp³-hybridized carbons (Fsp3) is 0.333. The lowest BCUT2D eigenvalue weighted by molar-refractivity contribution is -0.134. The summed E-state index contributed by atoms with van der Waals surface area (Å²) in [6.07, 6.45) is 2.21. The van der Waals surface area contributed by atoms with Gasteiger partial charge in [-0.05, 0) is 30.2 Å². The minimum absolute atomic E-state index is 0.200. The topological polar surface area (TPSA) is 84.9 Å². The third kappa shape index (κ3) is 5.18. The molecule has 0 saturated carbocycles. The molecule has 6 heteroatoms. The van der Waals surface area contributed by atoms with E-state index >= 15 is 0 Å². The Morgan fingerprint density at radius 2 is 2.05 bits per heavy atom. The fourth-order valence-corrected chi connectivity index (χ4v) is 1.62. The van der Waals surface area contributed by atoms with Crippen LogP contribution in [0.1, 0.15) is 25.8 Å². The summed E-state index contributed by atoms with van der Waals surface area (Å²) in [6.45, 7) is 3.76. The largest absolute Gasteiger partial charge is 0.493 e. The molecule has 0 fully saturated rings. The van der Waals surface area contributed by atoms with Crippen LogP contribution in [0.25, 0.3) is 6.08 Å². The van der Waals surface area contributed by atoms with Crippen molar-refractivity contribution in [3.8, 4) is 11.5 Å². The molecule has 0 spiro atoms. The summed E-state index contributed by atoms with van der Waals surface area (Å²) in [5, 5.41) is 11.3. The number of benzene rings is 1. The third-order valence-corrected chi connectivity index (χ3v) is 2.50. The highest BCUT2D eigenvalue weighted by Gasteiger charge is 2.10. The van der Waals surface area contributed by atoms with Gasteiger partial charge >= 0.3 is 5.97 Å². The molecule has 2 N–H and O–H groups in total. The standard InChI is InChI=1S/C15H19NO5/c1-4-7-21-14-9-11(5-6-13(14)20-3)8-12(15(18)19)16-10(2)17/h5-6,8-9H,4,7H2,1-3H3,(H,16,17)(H,18,19). The number of hydrogen-bond donors (Lipinski definition) is 2. The van der Waals surface area contributed by atoms with Crippen molar-refractivity contribution in [2.45, 2.75) is 20.3 Å². The van der Waals surface area contributed by atoms with E-state index in [1.54, 1.807) is 18.2 Å². The number of carboxylic acid groups (broad SMARTS) is 1. The van der Waals surface area contributed by atoms with E-state index in [1.807, 2.05) is 6.92 Å². The summed E-state index contributed by atoms with van der Waals surface area (Å²) in [6, 6.07) is 5.03. The number of rotatable bonds is 7. The quantitative estimate of drug-likeness (QED) is 0.751. The second kappa shape index (κ2) is 7.94. The lowest BCUT2D eigenvalue weighted by Gasteiger charge is -2.11. The van der Waals surface area contributed by atoms with Gasteiger partial charge in [-0.15, -0.1) is 0 Å². The number of carbonyl (C=O) groups excluding carboxylic acids is 1. The van der Waals surface area contributed by atoms with Gasteiger partial charge in [0, 0.05) is 6.92 Å². The maximum absolute atomic E-state index is 11.1. The summed E-state index contributed by atoms with van der Waals surface area (Å²) in [5.41, 5.74) is 0.391. The van der Waals surface area contributed by atoms with Gasteiger partial charge in [0.15, 0.2) is 11.5 Å². The summed E-state index contributed by atoms with van der Waals surface area (Å²) in [5.74, 6) is -0.561. The van der Waals surface area contributed by atoms with Crippen molar-refractivity contribution in [3.63, 3.8) is 0 Å². The van der Waals surface area contributed by atoms with Crippen LogP contribution in [0, 0.1) is 0 Å². The molecule has 0 saturated heterocycles. The van der Waals surface area contributed by atoms with Gasteiger partial charge in [0.25, 0.3) is 0 Å². The van der Waals surface area contributed by atoms with E-state index in [9.17, 15) is 9.59 Å². The molecule has 114 valence electrons. The first-order valence-corrected chi connectivity index (χ1v) is 6.51. The molecule has 0 unspecified atom stereocenters. The Morgan fingerprint density at radius 3 is 2.57 bits per heavy atom. The average Bonchev–Trinajstić information content (AvgIpc) is 2.44. The van der Waals surface area contributed by atoms with Crippen molar-refractivity contribution in [2.24, 2.45) is 0 Å². The van der Waals surface area contributed by atoms with Gasteiger partial charge in [0.05, 0.1) is 13.7 Å². The second-order valence-corrected chi connectivity index (χ2v) is 4.30. The Morgan fingerprint density at radius 1 is 1.33 bits per heavy atom. The van der Waals surface area contributed by atoms with Crippen molar-refractivity contribution < 1.29 is 24.2 Å². The zero-order valence-corrected chi connectivity index (χ0v) is 12.3. The van der Waals surface area contributed by atoms with Gasteiger partial charge in [-0.3, -0.25) is 4.79 Å². The van der Waals surface area contributed by atoms with Crippen LogP contribution in [-0.4, -0.2) is 30.7 Å². The highest BCUT2D eigenvalue weighted by atomic mass is 16.5. The molecule has 0 aliphatic rings. The Kier molecular flexibility index (Phi) is 6.26. The molecule has 0 bridgehead atoms. The predicted molar refractivity (Wildman–Crippen MR) is 78.2 cm³/mol. The molecule has 0 aliphatic heterocycles. The Balaban J connectivity index is 3.11. The van der Waals surface area contributed by atoms with E-state index < -0.39 is 11.9 Å². The van der Waals surface area contributed by atoms with Crippen molar-refractivity contribution >= 4 is 18.0 Å². The highest BCUT2D eigenvalue weighted by molar-refractivity contribution is 5.96. The number of amides is 1. The van der Waals surface area contributed by atoms with E-state index in [1.165, 1.54) is 20.1 Å². The molecule has 1 aromatic carbocycles. The molecular weight excluding hydrogens is 274 g/mol. The summed E-state index contributed by atoms with van der Waals surface area (Å²) >= 11 is 0. The molecular formula is C15H19NO5. The molecule has 0 heterocycles. The van der Waals surface area contributed by atoms with Gasteiger partial charge in [-0.1, -0.05) is 13.0 Å². The van der Waals surface area contributed by atoms with Crippen LogP contribution in [0.5, 0.6) is 11.5 Å². The van der Waals surface area contributed by atoms with E-state index in [-0.39, 0.29) is 5.70 Å². The lowest BCUT2D eigenvalue weighted by Crippen LogP contribution is -2.24. The molecule has 21 heavy (non-hydrogen) atoms. The average molecular weight is 293 g/mol. The maximum atomic E-state index is 11.1. The molecule has 1 rings (SSSR count). The van der Waals surface area contributed by atoms with Crippen LogP contribution >= 0.6 is 0 Å².